The van der Waals surface area contributed by atoms with Crippen LogP contribution in [0.4, 0.5) is 8.78 Å². The highest BCUT2D eigenvalue weighted by atomic mass is 19.1. The van der Waals surface area contributed by atoms with Gasteiger partial charge in [-0.2, -0.15) is 0 Å². The quantitative estimate of drug-likeness (QED) is 0.758. The van der Waals surface area contributed by atoms with Gasteiger partial charge in [-0.25, -0.2) is 8.78 Å². The summed E-state index contributed by atoms with van der Waals surface area (Å²) in [5.74, 6) is 0.602. The molecule has 0 radical (unpaired) electrons. The predicted octanol–water partition coefficient (Wildman–Crippen LogP) is 3.17. The number of carbonyl (C=O) groups is 1. The van der Waals surface area contributed by atoms with Crippen LogP contribution in [0.5, 0.6) is 0 Å². The number of hydrogen-bond donors (Lipinski definition) is 1. The SMILES string of the molecule is CC(C)C(=O)N1CCCC2CN(C3COCC(N)C3)CC21.FC1=CC=C(F)CC1. The van der Waals surface area contributed by atoms with Crippen LogP contribution in [0.15, 0.2) is 23.8 Å². The highest BCUT2D eigenvalue weighted by molar-refractivity contribution is 5.78. The van der Waals surface area contributed by atoms with Crippen molar-refractivity contribution in [2.24, 2.45) is 17.6 Å². The zero-order valence-corrected chi connectivity index (χ0v) is 17.7. The van der Waals surface area contributed by atoms with Crippen LogP contribution in [0, 0.1) is 11.8 Å². The van der Waals surface area contributed by atoms with E-state index in [1.807, 2.05) is 13.8 Å². The van der Waals surface area contributed by atoms with Gasteiger partial charge < -0.3 is 15.4 Å². The summed E-state index contributed by atoms with van der Waals surface area (Å²) in [5.41, 5.74) is 6.04. The van der Waals surface area contributed by atoms with Crippen LogP contribution in [-0.4, -0.2) is 66.7 Å². The molecule has 0 aromatic carbocycles. The molecule has 2 N–H and O–H groups in total. The molecule has 3 heterocycles. The molecule has 164 valence electrons. The van der Waals surface area contributed by atoms with E-state index >= 15 is 0 Å². The molecular weight excluding hydrogens is 376 g/mol. The molecule has 0 saturated carbocycles. The Morgan fingerprint density at radius 2 is 1.86 bits per heavy atom. The molecule has 4 rings (SSSR count). The lowest BCUT2D eigenvalue weighted by Crippen LogP contribution is -2.51. The van der Waals surface area contributed by atoms with E-state index in [1.165, 1.54) is 18.6 Å². The summed E-state index contributed by atoms with van der Waals surface area (Å²) in [7, 11) is 0. The molecule has 4 aliphatic rings. The van der Waals surface area contributed by atoms with Gasteiger partial charge in [0.15, 0.2) is 0 Å². The monoisotopic (exact) mass is 411 g/mol. The number of nitrogens with two attached hydrogens (primary N) is 1. The maximum atomic E-state index is 12.4. The topological polar surface area (TPSA) is 58.8 Å². The van der Waals surface area contributed by atoms with Crippen molar-refractivity contribution in [2.45, 2.75) is 64.1 Å². The molecule has 7 heteroatoms. The van der Waals surface area contributed by atoms with Gasteiger partial charge in [0.25, 0.3) is 0 Å². The minimum absolute atomic E-state index is 0.101. The third kappa shape index (κ3) is 5.86. The zero-order chi connectivity index (χ0) is 21.0. The Balaban J connectivity index is 0.000000252. The van der Waals surface area contributed by atoms with Gasteiger partial charge in [-0.1, -0.05) is 13.8 Å². The highest BCUT2D eigenvalue weighted by Crippen LogP contribution is 2.33. The number of hydrogen-bond acceptors (Lipinski definition) is 4. The van der Waals surface area contributed by atoms with Crippen LogP contribution in [0.3, 0.4) is 0 Å². The molecule has 3 saturated heterocycles. The molecule has 1 amide bonds. The van der Waals surface area contributed by atoms with Gasteiger partial charge in [0.05, 0.1) is 13.2 Å². The van der Waals surface area contributed by atoms with Gasteiger partial charge >= 0.3 is 0 Å². The summed E-state index contributed by atoms with van der Waals surface area (Å²) in [6, 6.07) is 1.02. The second kappa shape index (κ2) is 10.1. The van der Waals surface area contributed by atoms with Crippen LogP contribution in [0.1, 0.15) is 46.0 Å². The van der Waals surface area contributed by atoms with Crippen LogP contribution >= 0.6 is 0 Å². The maximum absolute atomic E-state index is 12.4. The third-order valence-corrected chi connectivity index (χ3v) is 6.37. The first-order valence-corrected chi connectivity index (χ1v) is 10.9. The number of allylic oxidation sites excluding steroid dienone is 4. The normalized spacial score (nSPS) is 32.8. The van der Waals surface area contributed by atoms with Crippen molar-refractivity contribution in [1.82, 2.24) is 9.80 Å². The molecule has 3 aliphatic heterocycles. The Kier molecular flexibility index (Phi) is 7.82. The smallest absolute Gasteiger partial charge is 0.225 e. The van der Waals surface area contributed by atoms with E-state index in [1.54, 1.807) is 0 Å². The number of amides is 1. The Morgan fingerprint density at radius 1 is 1.17 bits per heavy atom. The molecular formula is C22H35F2N3O2. The van der Waals surface area contributed by atoms with E-state index in [0.29, 0.717) is 30.5 Å². The summed E-state index contributed by atoms with van der Waals surface area (Å²) >= 11 is 0. The second-order valence-corrected chi connectivity index (χ2v) is 9.02. The number of rotatable bonds is 2. The minimum Gasteiger partial charge on any atom is -0.378 e. The van der Waals surface area contributed by atoms with Crippen LogP contribution < -0.4 is 5.73 Å². The van der Waals surface area contributed by atoms with Crippen molar-refractivity contribution in [3.63, 3.8) is 0 Å². The minimum atomic E-state index is -0.230. The lowest BCUT2D eigenvalue weighted by atomic mass is 9.91. The number of piperidine rings is 1. The average molecular weight is 412 g/mol. The molecule has 4 unspecified atom stereocenters. The van der Waals surface area contributed by atoms with Gasteiger partial charge in [-0.15, -0.1) is 0 Å². The predicted molar refractivity (Wildman–Crippen MR) is 109 cm³/mol. The van der Waals surface area contributed by atoms with Crippen LogP contribution in [-0.2, 0) is 9.53 Å². The standard InChI is InChI=1S/C16H29N3O2.C6H6F2/c1-11(2)16(20)19-5-3-4-12-7-18(8-15(12)19)14-6-13(17)9-21-10-14;7-5-1-2-6(8)4-3-5/h11-15H,3-10,17H2,1-2H3;1-2H,3-4H2. The van der Waals surface area contributed by atoms with Gasteiger partial charge in [0.2, 0.25) is 5.91 Å². The van der Waals surface area contributed by atoms with E-state index in [2.05, 4.69) is 9.80 Å². The highest BCUT2D eigenvalue weighted by Gasteiger charge is 2.43. The molecule has 4 atom stereocenters. The first-order chi connectivity index (χ1) is 13.8. The molecule has 3 fully saturated rings. The summed E-state index contributed by atoms with van der Waals surface area (Å²) in [6.45, 7) is 8.55. The molecule has 0 bridgehead atoms. The lowest BCUT2D eigenvalue weighted by Gasteiger charge is -2.38. The average Bonchev–Trinajstić information content (AvgIpc) is 3.14. The van der Waals surface area contributed by atoms with E-state index < -0.39 is 0 Å². The van der Waals surface area contributed by atoms with Crippen molar-refractivity contribution in [3.8, 4) is 0 Å². The van der Waals surface area contributed by atoms with E-state index in [0.717, 1.165) is 39.1 Å². The number of nitrogens with zero attached hydrogens (tertiary/aromatic N) is 2. The first-order valence-electron chi connectivity index (χ1n) is 10.9. The van der Waals surface area contributed by atoms with Gasteiger partial charge in [-0.3, -0.25) is 9.69 Å². The Bertz CT molecular complexity index is 620. The molecule has 5 nitrogen and oxygen atoms in total. The number of carbonyl (C=O) groups excluding carboxylic acids is 1. The van der Waals surface area contributed by atoms with Crippen molar-refractivity contribution in [3.05, 3.63) is 23.8 Å². The fraction of sp³-hybridized carbons (Fsp3) is 0.773. The van der Waals surface area contributed by atoms with Crippen molar-refractivity contribution in [2.75, 3.05) is 32.8 Å². The number of halogens is 2. The fourth-order valence-electron chi connectivity index (χ4n) is 4.80. The molecule has 29 heavy (non-hydrogen) atoms. The van der Waals surface area contributed by atoms with E-state index in [9.17, 15) is 13.6 Å². The molecule has 0 aromatic heterocycles. The van der Waals surface area contributed by atoms with E-state index in [-0.39, 0.29) is 36.5 Å². The maximum Gasteiger partial charge on any atom is 0.225 e. The van der Waals surface area contributed by atoms with Crippen molar-refractivity contribution in [1.29, 1.82) is 0 Å². The van der Waals surface area contributed by atoms with Crippen LogP contribution in [0.2, 0.25) is 0 Å². The number of ether oxygens (including phenoxy) is 1. The summed E-state index contributed by atoms with van der Waals surface area (Å²) in [4.78, 5) is 17.1. The number of fused-ring (bicyclic) bond motifs is 1. The van der Waals surface area contributed by atoms with Gasteiger partial charge in [-0.05, 0) is 37.3 Å². The summed E-state index contributed by atoms with van der Waals surface area (Å²) < 4.78 is 29.6. The number of likely N-dealkylation sites (tertiary alicyclic amines) is 2. The van der Waals surface area contributed by atoms with E-state index in [4.69, 9.17) is 10.5 Å². The Labute approximate surface area is 172 Å². The largest absolute Gasteiger partial charge is 0.378 e. The van der Waals surface area contributed by atoms with Gasteiger partial charge in [0.1, 0.15) is 11.7 Å². The fourth-order valence-corrected chi connectivity index (χ4v) is 4.80. The third-order valence-electron chi connectivity index (χ3n) is 6.37. The van der Waals surface area contributed by atoms with Gasteiger partial charge in [0, 0.05) is 56.5 Å². The lowest BCUT2D eigenvalue weighted by molar-refractivity contribution is -0.138. The van der Waals surface area contributed by atoms with Crippen molar-refractivity contribution < 1.29 is 18.3 Å². The van der Waals surface area contributed by atoms with Crippen LogP contribution in [0.25, 0.3) is 0 Å². The Hall–Kier alpha value is -1.31. The molecule has 1 aliphatic carbocycles. The second-order valence-electron chi connectivity index (χ2n) is 9.02. The Morgan fingerprint density at radius 3 is 2.45 bits per heavy atom. The molecule has 0 aromatic rings. The summed E-state index contributed by atoms with van der Waals surface area (Å²) in [6.07, 6.45) is 6.21. The van der Waals surface area contributed by atoms with Crippen molar-refractivity contribution >= 4 is 5.91 Å². The summed E-state index contributed by atoms with van der Waals surface area (Å²) in [5, 5.41) is 0. The first kappa shape index (κ1) is 22.4. The molecule has 0 spiro atoms. The zero-order valence-electron chi connectivity index (χ0n) is 17.7.